The minimum Gasteiger partial charge on any atom is -0.480 e. The quantitative estimate of drug-likeness (QED) is 0.0940. The van der Waals surface area contributed by atoms with Crippen molar-refractivity contribution < 1.29 is 33.7 Å². The maximum Gasteiger partial charge on any atom is 0.326 e. The summed E-state index contributed by atoms with van der Waals surface area (Å²) in [5, 5.41) is 15.2. The van der Waals surface area contributed by atoms with Gasteiger partial charge < -0.3 is 35.7 Å². The number of anilines is 2. The highest BCUT2D eigenvalue weighted by Gasteiger charge is 2.21. The molecule has 3 aromatic rings. The second kappa shape index (κ2) is 19.8. The molecule has 1 atom stereocenters. The lowest BCUT2D eigenvalue weighted by atomic mass is 10.0. The van der Waals surface area contributed by atoms with Crippen molar-refractivity contribution in [3.8, 4) is 0 Å². The number of nitrogens with two attached hydrogens (primary N) is 1. The molecule has 0 aliphatic heterocycles. The zero-order chi connectivity index (χ0) is 33.1. The van der Waals surface area contributed by atoms with Crippen LogP contribution in [-0.4, -0.2) is 88.4 Å². The molecule has 3 rings (SSSR count). The lowest BCUT2D eigenvalue weighted by molar-refractivity contribution is -0.139. The molecule has 2 heterocycles. The summed E-state index contributed by atoms with van der Waals surface area (Å²) < 4.78 is 16.4. The monoisotopic (exact) mass is 641 g/mol. The van der Waals surface area contributed by atoms with Gasteiger partial charge in [0, 0.05) is 37.3 Å². The number of ether oxygens (including phenoxy) is 3. The van der Waals surface area contributed by atoms with E-state index in [2.05, 4.69) is 37.5 Å². The number of unbranched alkanes of at least 4 members (excludes halogenated alkanes) is 2. The van der Waals surface area contributed by atoms with Gasteiger partial charge in [-0.25, -0.2) is 14.8 Å². The van der Waals surface area contributed by atoms with Gasteiger partial charge in [-0.05, 0) is 49.9 Å². The fraction of sp³-hybridized carbons (Fsp3) is 0.516. The van der Waals surface area contributed by atoms with E-state index in [4.69, 9.17) is 19.9 Å². The van der Waals surface area contributed by atoms with Gasteiger partial charge in [0.15, 0.2) is 11.2 Å². The summed E-state index contributed by atoms with van der Waals surface area (Å²) in [5.74, 6) is -1.89. The minimum absolute atomic E-state index is 0.00666. The number of ketones is 1. The number of H-pyrrole nitrogens is 1. The Balaban J connectivity index is 1.31. The number of amides is 1. The lowest BCUT2D eigenvalue weighted by Crippen LogP contribution is -2.41. The van der Waals surface area contributed by atoms with E-state index >= 15 is 0 Å². The summed E-state index contributed by atoms with van der Waals surface area (Å²) in [7, 11) is 0. The number of nitrogen functional groups attached to an aromatic ring is 1. The zero-order valence-electron chi connectivity index (χ0n) is 26.1. The molecule has 46 heavy (non-hydrogen) atoms. The van der Waals surface area contributed by atoms with Gasteiger partial charge in [-0.15, -0.1) is 0 Å². The van der Waals surface area contributed by atoms with Crippen LogP contribution in [0.3, 0.4) is 0 Å². The van der Waals surface area contributed by atoms with E-state index in [9.17, 15) is 24.3 Å². The number of Topliss-reactive ketones (excluding diaryl/α,β-unsaturated/α-hetero) is 1. The van der Waals surface area contributed by atoms with Crippen molar-refractivity contribution in [2.45, 2.75) is 64.5 Å². The standard InChI is InChI=1S/C31H43N7O8/c1-2-3-13-44-15-17-46-18-16-45-14-5-4-6-24(39)11-12-25(30(42)43)36-28(40)21-7-9-22(10-8-21)33-19-23-20-34-27-26(35-23)29(41)38-31(32)37-27/h7-10,20,25,33H,2-6,11-19H2,1H3,(H,36,40)(H,42,43)(H3,32,34,37,38,41)/t25-/m1/s1. The number of nitrogens with zero attached hydrogens (tertiary/aromatic N) is 3. The molecule has 1 aromatic carbocycles. The summed E-state index contributed by atoms with van der Waals surface area (Å²) in [6, 6.07) is 5.19. The van der Waals surface area contributed by atoms with Crippen LogP contribution in [0.4, 0.5) is 11.6 Å². The second-order valence-corrected chi connectivity index (χ2v) is 10.5. The number of hydrogen-bond donors (Lipinski definition) is 5. The van der Waals surface area contributed by atoms with Gasteiger partial charge in [-0.3, -0.25) is 19.4 Å². The molecule has 0 fully saturated rings. The Morgan fingerprint density at radius 1 is 0.935 bits per heavy atom. The van der Waals surface area contributed by atoms with Crippen molar-refractivity contribution in [2.75, 3.05) is 50.7 Å². The van der Waals surface area contributed by atoms with E-state index in [-0.39, 0.29) is 47.8 Å². The molecule has 0 aliphatic rings. The minimum atomic E-state index is -1.21. The van der Waals surface area contributed by atoms with Crippen LogP contribution in [-0.2, 0) is 30.3 Å². The SMILES string of the molecule is CCCCOCCOCCOCCCCC(=O)CC[C@@H](NC(=O)c1ccc(NCc2cnc3nc(N)[nH]c(=O)c3n2)cc1)C(=O)O. The summed E-state index contributed by atoms with van der Waals surface area (Å²) >= 11 is 0. The van der Waals surface area contributed by atoms with Gasteiger partial charge in [0.05, 0.1) is 44.9 Å². The smallest absolute Gasteiger partial charge is 0.326 e. The van der Waals surface area contributed by atoms with Gasteiger partial charge in [0.1, 0.15) is 11.8 Å². The molecule has 0 saturated carbocycles. The molecule has 250 valence electrons. The van der Waals surface area contributed by atoms with E-state index < -0.39 is 23.5 Å². The van der Waals surface area contributed by atoms with Crippen LogP contribution in [0.5, 0.6) is 0 Å². The van der Waals surface area contributed by atoms with Crippen molar-refractivity contribution in [1.82, 2.24) is 25.3 Å². The molecule has 0 spiro atoms. The number of fused-ring (bicyclic) bond motifs is 1. The third-order valence-corrected chi connectivity index (χ3v) is 6.80. The molecule has 0 bridgehead atoms. The number of carbonyl (C=O) groups excluding carboxylic acids is 2. The van der Waals surface area contributed by atoms with Gasteiger partial charge in [-0.2, -0.15) is 4.98 Å². The molecule has 0 saturated heterocycles. The Hall–Kier alpha value is -4.47. The van der Waals surface area contributed by atoms with Crippen molar-refractivity contribution in [3.63, 3.8) is 0 Å². The topological polar surface area (TPSA) is 221 Å². The van der Waals surface area contributed by atoms with Crippen molar-refractivity contribution in [3.05, 3.63) is 52.1 Å². The molecular formula is C31H43N7O8. The predicted molar refractivity (Wildman–Crippen MR) is 170 cm³/mol. The van der Waals surface area contributed by atoms with E-state index in [1.54, 1.807) is 24.3 Å². The average Bonchev–Trinajstić information content (AvgIpc) is 3.04. The number of aliphatic carboxylic acids is 1. The fourth-order valence-electron chi connectivity index (χ4n) is 4.23. The van der Waals surface area contributed by atoms with Crippen LogP contribution >= 0.6 is 0 Å². The number of nitrogens with one attached hydrogen (secondary N) is 3. The molecule has 0 unspecified atom stereocenters. The maximum absolute atomic E-state index is 12.7. The first-order valence-electron chi connectivity index (χ1n) is 15.4. The van der Waals surface area contributed by atoms with Crippen LogP contribution in [0, 0.1) is 0 Å². The highest BCUT2D eigenvalue weighted by molar-refractivity contribution is 5.97. The fourth-order valence-corrected chi connectivity index (χ4v) is 4.23. The number of benzene rings is 1. The number of carboxylic acid groups (broad SMARTS) is 1. The molecule has 6 N–H and O–H groups in total. The Bertz CT molecular complexity index is 1470. The van der Waals surface area contributed by atoms with Gasteiger partial charge in [0.2, 0.25) is 5.95 Å². The van der Waals surface area contributed by atoms with E-state index in [1.165, 1.54) is 6.20 Å². The lowest BCUT2D eigenvalue weighted by Gasteiger charge is -2.14. The molecule has 0 aliphatic carbocycles. The van der Waals surface area contributed by atoms with Crippen molar-refractivity contribution >= 4 is 40.5 Å². The molecule has 0 radical (unpaired) electrons. The number of hydrogen-bond acceptors (Lipinski definition) is 12. The van der Waals surface area contributed by atoms with E-state index in [0.717, 1.165) is 19.4 Å². The Morgan fingerprint density at radius 2 is 1.61 bits per heavy atom. The first kappa shape index (κ1) is 36.0. The Morgan fingerprint density at radius 3 is 2.28 bits per heavy atom. The average molecular weight is 642 g/mol. The van der Waals surface area contributed by atoms with Gasteiger partial charge in [0.25, 0.3) is 11.5 Å². The summed E-state index contributed by atoms with van der Waals surface area (Å²) in [6.45, 7) is 5.69. The highest BCUT2D eigenvalue weighted by Crippen LogP contribution is 2.13. The van der Waals surface area contributed by atoms with Crippen molar-refractivity contribution in [1.29, 1.82) is 0 Å². The van der Waals surface area contributed by atoms with Crippen LogP contribution in [0.15, 0.2) is 35.3 Å². The molecule has 15 heteroatoms. The van der Waals surface area contributed by atoms with Crippen molar-refractivity contribution in [2.24, 2.45) is 0 Å². The molecule has 2 aromatic heterocycles. The van der Waals surface area contributed by atoms with E-state index in [1.807, 2.05) is 0 Å². The number of rotatable bonds is 23. The largest absolute Gasteiger partial charge is 0.480 e. The molecule has 15 nitrogen and oxygen atoms in total. The second-order valence-electron chi connectivity index (χ2n) is 10.5. The highest BCUT2D eigenvalue weighted by atomic mass is 16.5. The molecule has 1 amide bonds. The Kier molecular flexibility index (Phi) is 15.5. The zero-order valence-corrected chi connectivity index (χ0v) is 26.1. The summed E-state index contributed by atoms with van der Waals surface area (Å²) in [6.07, 6.45) is 5.32. The van der Waals surface area contributed by atoms with Gasteiger partial charge in [-0.1, -0.05) is 13.3 Å². The summed E-state index contributed by atoms with van der Waals surface area (Å²) in [5.41, 5.74) is 6.64. The summed E-state index contributed by atoms with van der Waals surface area (Å²) in [4.78, 5) is 63.5. The number of carbonyl (C=O) groups is 3. The normalized spacial score (nSPS) is 11.8. The number of aromatic nitrogens is 4. The predicted octanol–water partition coefficient (Wildman–Crippen LogP) is 2.46. The third kappa shape index (κ3) is 12.9. The van der Waals surface area contributed by atoms with Gasteiger partial charge >= 0.3 is 5.97 Å². The Labute approximate surface area is 266 Å². The number of carboxylic acids is 1. The maximum atomic E-state index is 12.7. The van der Waals surface area contributed by atoms with Crippen LogP contribution in [0.1, 0.15) is 67.9 Å². The van der Waals surface area contributed by atoms with Crippen LogP contribution in [0.25, 0.3) is 11.2 Å². The first-order chi connectivity index (χ1) is 22.3. The van der Waals surface area contributed by atoms with E-state index in [0.29, 0.717) is 63.7 Å². The molecular weight excluding hydrogens is 598 g/mol. The third-order valence-electron chi connectivity index (χ3n) is 6.80. The van der Waals surface area contributed by atoms with Crippen LogP contribution in [0.2, 0.25) is 0 Å². The van der Waals surface area contributed by atoms with Crippen LogP contribution < -0.4 is 21.9 Å². The number of aromatic amines is 1. The first-order valence-corrected chi connectivity index (χ1v) is 15.4.